The second-order valence-electron chi connectivity index (χ2n) is 5.49. The van der Waals surface area contributed by atoms with Crippen molar-refractivity contribution in [2.45, 2.75) is 13.8 Å². The molecule has 0 aliphatic carbocycles. The molecule has 0 amide bonds. The first-order chi connectivity index (χ1) is 12.0. The summed E-state index contributed by atoms with van der Waals surface area (Å²) in [4.78, 5) is 16.7. The molecule has 3 rings (SSSR count). The summed E-state index contributed by atoms with van der Waals surface area (Å²) in [5.74, 6) is -0.445. The molecule has 0 aliphatic rings. The maximum Gasteiger partial charge on any atom is 0.341 e. The van der Waals surface area contributed by atoms with Gasteiger partial charge in [0.25, 0.3) is 0 Å². The molecule has 0 atom stereocenters. The number of carbonyl (C=O) groups excluding carboxylic acids is 1. The number of anilines is 2. The maximum atomic E-state index is 12.4. The van der Waals surface area contributed by atoms with E-state index in [1.807, 2.05) is 31.2 Å². The number of fused-ring (bicyclic) bond motifs is 1. The molecule has 3 aromatic rings. The molecule has 0 radical (unpaired) electrons. The van der Waals surface area contributed by atoms with E-state index >= 15 is 0 Å². The highest BCUT2D eigenvalue weighted by atomic mass is 35.5. The van der Waals surface area contributed by atoms with E-state index in [9.17, 15) is 4.79 Å². The van der Waals surface area contributed by atoms with Crippen molar-refractivity contribution in [1.82, 2.24) is 4.98 Å². The van der Waals surface area contributed by atoms with Crippen LogP contribution in [0.1, 0.15) is 22.8 Å². The highest BCUT2D eigenvalue weighted by molar-refractivity contribution is 6.43. The molecule has 1 heterocycles. The Labute approximate surface area is 155 Å². The SMILES string of the molecule is CCOC(=O)c1cnc2cc(Cl)c(Cl)cc2c1Nc1ccccc1C. The quantitative estimate of drug-likeness (QED) is 0.588. The zero-order valence-electron chi connectivity index (χ0n) is 13.8. The summed E-state index contributed by atoms with van der Waals surface area (Å²) in [6, 6.07) is 11.2. The molecule has 6 heteroatoms. The van der Waals surface area contributed by atoms with E-state index in [0.29, 0.717) is 32.2 Å². The number of nitrogens with zero attached hydrogens (tertiary/aromatic N) is 1. The van der Waals surface area contributed by atoms with E-state index in [1.54, 1.807) is 19.1 Å². The number of halogens is 2. The molecule has 128 valence electrons. The lowest BCUT2D eigenvalue weighted by molar-refractivity contribution is 0.0527. The van der Waals surface area contributed by atoms with Crippen LogP contribution in [0, 0.1) is 6.92 Å². The Balaban J connectivity index is 2.23. The summed E-state index contributed by atoms with van der Waals surface area (Å²) in [7, 11) is 0. The molecule has 0 saturated heterocycles. The monoisotopic (exact) mass is 374 g/mol. The minimum atomic E-state index is -0.445. The van der Waals surface area contributed by atoms with E-state index in [2.05, 4.69) is 10.3 Å². The topological polar surface area (TPSA) is 51.2 Å². The van der Waals surface area contributed by atoms with Crippen LogP contribution in [0.25, 0.3) is 10.9 Å². The van der Waals surface area contributed by atoms with E-state index in [1.165, 1.54) is 6.20 Å². The highest BCUT2D eigenvalue weighted by Gasteiger charge is 2.18. The zero-order chi connectivity index (χ0) is 18.0. The number of para-hydroxylation sites is 1. The van der Waals surface area contributed by atoms with Crippen LogP contribution in [-0.4, -0.2) is 17.6 Å². The Morgan fingerprint density at radius 3 is 2.64 bits per heavy atom. The largest absolute Gasteiger partial charge is 0.462 e. The van der Waals surface area contributed by atoms with E-state index in [0.717, 1.165) is 11.3 Å². The van der Waals surface area contributed by atoms with E-state index in [-0.39, 0.29) is 6.61 Å². The van der Waals surface area contributed by atoms with Gasteiger partial charge in [-0.2, -0.15) is 0 Å². The predicted molar refractivity (Wildman–Crippen MR) is 102 cm³/mol. The minimum Gasteiger partial charge on any atom is -0.462 e. The molecule has 1 aromatic heterocycles. The van der Waals surface area contributed by atoms with Crippen LogP contribution in [-0.2, 0) is 4.74 Å². The third-order valence-corrected chi connectivity index (χ3v) is 4.53. The molecule has 2 aromatic carbocycles. The minimum absolute atomic E-state index is 0.280. The lowest BCUT2D eigenvalue weighted by Gasteiger charge is -2.16. The molecule has 0 spiro atoms. The number of hydrogen-bond acceptors (Lipinski definition) is 4. The third kappa shape index (κ3) is 3.55. The summed E-state index contributed by atoms with van der Waals surface area (Å²) in [5, 5.41) is 4.83. The molecule has 25 heavy (non-hydrogen) atoms. The Morgan fingerprint density at radius 2 is 1.92 bits per heavy atom. The average molecular weight is 375 g/mol. The van der Waals surface area contributed by atoms with Crippen molar-refractivity contribution in [3.63, 3.8) is 0 Å². The molecule has 1 N–H and O–H groups in total. The molecule has 0 bridgehead atoms. The van der Waals surface area contributed by atoms with Gasteiger partial charge in [0, 0.05) is 17.3 Å². The van der Waals surface area contributed by atoms with Crippen molar-refractivity contribution >= 4 is 51.4 Å². The van der Waals surface area contributed by atoms with Crippen LogP contribution in [0.3, 0.4) is 0 Å². The number of rotatable bonds is 4. The first-order valence-corrected chi connectivity index (χ1v) is 8.54. The fourth-order valence-corrected chi connectivity index (χ4v) is 2.85. The molecule has 0 aliphatic heterocycles. The normalized spacial score (nSPS) is 10.7. The van der Waals surface area contributed by atoms with Crippen molar-refractivity contribution in [2.24, 2.45) is 0 Å². The van der Waals surface area contributed by atoms with Crippen LogP contribution < -0.4 is 5.32 Å². The second kappa shape index (κ2) is 7.30. The first kappa shape index (κ1) is 17.5. The molecular formula is C19H16Cl2N2O2. The predicted octanol–water partition coefficient (Wildman–Crippen LogP) is 5.77. The first-order valence-electron chi connectivity index (χ1n) is 7.78. The number of pyridine rings is 1. The number of esters is 1. The van der Waals surface area contributed by atoms with Gasteiger partial charge in [-0.15, -0.1) is 0 Å². The van der Waals surface area contributed by atoms with Gasteiger partial charge in [0.15, 0.2) is 0 Å². The molecule has 0 saturated carbocycles. The summed E-state index contributed by atoms with van der Waals surface area (Å²) >= 11 is 12.3. The Bertz CT molecular complexity index is 958. The van der Waals surface area contributed by atoms with Crippen LogP contribution in [0.4, 0.5) is 11.4 Å². The van der Waals surface area contributed by atoms with Crippen molar-refractivity contribution in [1.29, 1.82) is 0 Å². The second-order valence-corrected chi connectivity index (χ2v) is 6.31. The Hall–Kier alpha value is -2.30. The number of nitrogens with one attached hydrogen (secondary N) is 1. The standard InChI is InChI=1S/C19H16Cl2N2O2/c1-3-25-19(24)13-10-22-17-9-15(21)14(20)8-12(17)18(13)23-16-7-5-4-6-11(16)2/h4-10H,3H2,1-2H3,(H,22,23). The number of carbonyl (C=O) groups is 1. The molecule has 0 fully saturated rings. The summed E-state index contributed by atoms with van der Waals surface area (Å²) in [6.45, 7) is 4.03. The van der Waals surface area contributed by atoms with Crippen LogP contribution in [0.5, 0.6) is 0 Å². The third-order valence-electron chi connectivity index (χ3n) is 3.81. The maximum absolute atomic E-state index is 12.4. The van der Waals surface area contributed by atoms with Crippen molar-refractivity contribution in [3.8, 4) is 0 Å². The molecule has 4 nitrogen and oxygen atoms in total. The summed E-state index contributed by atoms with van der Waals surface area (Å²) < 4.78 is 5.16. The lowest BCUT2D eigenvalue weighted by atomic mass is 10.1. The van der Waals surface area contributed by atoms with Gasteiger partial charge in [-0.05, 0) is 37.6 Å². The zero-order valence-corrected chi connectivity index (χ0v) is 15.3. The van der Waals surface area contributed by atoms with Gasteiger partial charge >= 0.3 is 5.97 Å². The van der Waals surface area contributed by atoms with Gasteiger partial charge in [0.2, 0.25) is 0 Å². The number of aromatic nitrogens is 1. The van der Waals surface area contributed by atoms with Gasteiger partial charge in [-0.3, -0.25) is 4.98 Å². The van der Waals surface area contributed by atoms with Gasteiger partial charge in [-0.25, -0.2) is 4.79 Å². The van der Waals surface area contributed by atoms with Gasteiger partial charge in [0.1, 0.15) is 5.56 Å². The number of hydrogen-bond donors (Lipinski definition) is 1. The highest BCUT2D eigenvalue weighted by Crippen LogP contribution is 2.35. The number of aryl methyl sites for hydroxylation is 1. The van der Waals surface area contributed by atoms with E-state index < -0.39 is 5.97 Å². The Morgan fingerprint density at radius 1 is 1.20 bits per heavy atom. The average Bonchev–Trinajstić information content (AvgIpc) is 2.58. The smallest absolute Gasteiger partial charge is 0.341 e. The van der Waals surface area contributed by atoms with Crippen LogP contribution >= 0.6 is 23.2 Å². The van der Waals surface area contributed by atoms with Crippen molar-refractivity contribution in [2.75, 3.05) is 11.9 Å². The fraction of sp³-hybridized carbons (Fsp3) is 0.158. The lowest BCUT2D eigenvalue weighted by Crippen LogP contribution is -2.09. The number of benzene rings is 2. The van der Waals surface area contributed by atoms with Gasteiger partial charge in [0.05, 0.1) is 27.9 Å². The van der Waals surface area contributed by atoms with Crippen molar-refractivity contribution < 1.29 is 9.53 Å². The van der Waals surface area contributed by atoms with E-state index in [4.69, 9.17) is 27.9 Å². The molecular weight excluding hydrogens is 359 g/mol. The van der Waals surface area contributed by atoms with Gasteiger partial charge < -0.3 is 10.1 Å². The number of ether oxygens (including phenoxy) is 1. The Kier molecular flexibility index (Phi) is 5.11. The van der Waals surface area contributed by atoms with Crippen LogP contribution in [0.15, 0.2) is 42.6 Å². The van der Waals surface area contributed by atoms with Crippen molar-refractivity contribution in [3.05, 3.63) is 63.8 Å². The fourth-order valence-electron chi connectivity index (χ4n) is 2.53. The van der Waals surface area contributed by atoms with Crippen LogP contribution in [0.2, 0.25) is 10.0 Å². The summed E-state index contributed by atoms with van der Waals surface area (Å²) in [5.41, 5.74) is 3.50. The summed E-state index contributed by atoms with van der Waals surface area (Å²) in [6.07, 6.45) is 1.49. The molecule has 0 unspecified atom stereocenters. The van der Waals surface area contributed by atoms with Gasteiger partial charge in [-0.1, -0.05) is 41.4 Å².